The van der Waals surface area contributed by atoms with Crippen molar-refractivity contribution < 1.29 is 4.74 Å². The van der Waals surface area contributed by atoms with Crippen LogP contribution in [0, 0.1) is 0 Å². The van der Waals surface area contributed by atoms with Gasteiger partial charge in [0.1, 0.15) is 5.82 Å². The lowest BCUT2D eigenvalue weighted by molar-refractivity contribution is 0.403. The van der Waals surface area contributed by atoms with Crippen LogP contribution < -0.4 is 16.0 Å². The number of H-pyrrole nitrogens is 1. The minimum absolute atomic E-state index is 0.156. The molecule has 0 aliphatic rings. The highest BCUT2D eigenvalue weighted by atomic mass is 16.5. The van der Waals surface area contributed by atoms with E-state index in [-0.39, 0.29) is 11.3 Å². The zero-order valence-electron chi connectivity index (χ0n) is 9.38. The summed E-state index contributed by atoms with van der Waals surface area (Å²) in [6.45, 7) is 0.475. The molecular weight excluding hydrogens is 222 g/mol. The highest BCUT2D eigenvalue weighted by molar-refractivity contribution is 5.38. The molecule has 0 saturated heterocycles. The first-order valence-electron chi connectivity index (χ1n) is 5.12. The van der Waals surface area contributed by atoms with Crippen molar-refractivity contribution in [3.05, 3.63) is 34.9 Å². The molecule has 2 aromatic heterocycles. The van der Waals surface area contributed by atoms with Crippen molar-refractivity contribution in [1.82, 2.24) is 19.5 Å². The maximum Gasteiger partial charge on any atom is 0.295 e. The lowest BCUT2D eigenvalue weighted by Crippen LogP contribution is -2.16. The highest BCUT2D eigenvalue weighted by Crippen LogP contribution is 2.15. The normalized spacial score (nSPS) is 10.5. The number of aromatic amines is 1. The summed E-state index contributed by atoms with van der Waals surface area (Å²) in [7, 11) is 1.43. The second-order valence-corrected chi connectivity index (χ2v) is 3.34. The van der Waals surface area contributed by atoms with Crippen LogP contribution in [0.5, 0.6) is 5.75 Å². The predicted octanol–water partition coefficient (Wildman–Crippen LogP) is -0.535. The van der Waals surface area contributed by atoms with Crippen LogP contribution in [-0.4, -0.2) is 33.2 Å². The molecule has 2 rings (SSSR count). The van der Waals surface area contributed by atoms with Gasteiger partial charge in [-0.05, 0) is 6.54 Å². The van der Waals surface area contributed by atoms with E-state index in [1.165, 1.54) is 13.4 Å². The minimum Gasteiger partial charge on any atom is -0.488 e. The van der Waals surface area contributed by atoms with Gasteiger partial charge < -0.3 is 15.5 Å². The number of nitrogens with zero attached hydrogens (tertiary/aromatic N) is 3. The lowest BCUT2D eigenvalue weighted by Gasteiger charge is -2.09. The van der Waals surface area contributed by atoms with Gasteiger partial charge in [0.05, 0.1) is 13.4 Å². The van der Waals surface area contributed by atoms with Gasteiger partial charge in [0, 0.05) is 18.8 Å². The molecule has 2 aromatic rings. The summed E-state index contributed by atoms with van der Waals surface area (Å²) in [6, 6.07) is 0. The van der Waals surface area contributed by atoms with Gasteiger partial charge in [-0.2, -0.15) is 0 Å². The molecule has 0 spiro atoms. The number of nitrogens with one attached hydrogen (secondary N) is 1. The topological polar surface area (TPSA) is 98.8 Å². The third kappa shape index (κ3) is 2.04. The maximum atomic E-state index is 11.6. The van der Waals surface area contributed by atoms with Crippen molar-refractivity contribution >= 4 is 0 Å². The fourth-order valence-electron chi connectivity index (χ4n) is 1.57. The molecule has 0 atom stereocenters. The summed E-state index contributed by atoms with van der Waals surface area (Å²) in [5, 5.41) is 0. The Morgan fingerprint density at radius 2 is 2.35 bits per heavy atom. The van der Waals surface area contributed by atoms with Gasteiger partial charge in [0.2, 0.25) is 5.75 Å². The van der Waals surface area contributed by atoms with Crippen LogP contribution >= 0.6 is 0 Å². The van der Waals surface area contributed by atoms with Gasteiger partial charge in [0.15, 0.2) is 5.82 Å². The van der Waals surface area contributed by atoms with E-state index in [0.29, 0.717) is 18.8 Å². The summed E-state index contributed by atoms with van der Waals surface area (Å²) in [5.74, 6) is 1.31. The molecule has 7 nitrogen and oxygen atoms in total. The fourth-order valence-corrected chi connectivity index (χ4v) is 1.57. The zero-order valence-corrected chi connectivity index (χ0v) is 9.38. The van der Waals surface area contributed by atoms with E-state index in [2.05, 4.69) is 15.0 Å². The van der Waals surface area contributed by atoms with Gasteiger partial charge in [-0.15, -0.1) is 0 Å². The van der Waals surface area contributed by atoms with Gasteiger partial charge in [-0.3, -0.25) is 9.36 Å². The molecule has 0 bridgehead atoms. The van der Waals surface area contributed by atoms with Crippen LogP contribution in [0.1, 0.15) is 5.82 Å². The first kappa shape index (κ1) is 11.3. The average Bonchev–Trinajstić information content (AvgIpc) is 2.77. The predicted molar refractivity (Wildman–Crippen MR) is 61.3 cm³/mol. The number of methoxy groups -OCH3 is 1. The zero-order chi connectivity index (χ0) is 12.3. The molecule has 0 radical (unpaired) electrons. The number of aromatic nitrogens is 4. The van der Waals surface area contributed by atoms with E-state index in [4.69, 9.17) is 10.5 Å². The highest BCUT2D eigenvalue weighted by Gasteiger charge is 2.13. The van der Waals surface area contributed by atoms with Gasteiger partial charge in [-0.25, -0.2) is 9.97 Å². The molecule has 0 aromatic carbocycles. The molecule has 0 aliphatic carbocycles. The summed E-state index contributed by atoms with van der Waals surface area (Å²) < 4.78 is 6.74. The van der Waals surface area contributed by atoms with Crippen molar-refractivity contribution in [2.45, 2.75) is 6.42 Å². The number of hydrogen-bond donors (Lipinski definition) is 2. The van der Waals surface area contributed by atoms with Gasteiger partial charge >= 0.3 is 0 Å². The van der Waals surface area contributed by atoms with Gasteiger partial charge in [0.25, 0.3) is 5.56 Å². The first-order valence-corrected chi connectivity index (χ1v) is 5.12. The summed E-state index contributed by atoms with van der Waals surface area (Å²) >= 11 is 0. The Hall–Kier alpha value is -2.15. The molecule has 2 heterocycles. The third-order valence-electron chi connectivity index (χ3n) is 2.31. The molecule has 0 saturated carbocycles. The molecule has 0 fully saturated rings. The fraction of sp³-hybridized carbons (Fsp3) is 0.300. The van der Waals surface area contributed by atoms with Crippen LogP contribution in [0.4, 0.5) is 0 Å². The Labute approximate surface area is 97.3 Å². The van der Waals surface area contributed by atoms with Crippen LogP contribution in [0.15, 0.2) is 23.5 Å². The third-order valence-corrected chi connectivity index (χ3v) is 2.31. The van der Waals surface area contributed by atoms with E-state index < -0.39 is 0 Å². The Kier molecular flexibility index (Phi) is 3.20. The van der Waals surface area contributed by atoms with Crippen molar-refractivity contribution in [2.75, 3.05) is 13.7 Å². The van der Waals surface area contributed by atoms with Crippen molar-refractivity contribution in [1.29, 1.82) is 0 Å². The molecular formula is C10H13N5O2. The van der Waals surface area contributed by atoms with E-state index in [1.54, 1.807) is 17.0 Å². The summed E-state index contributed by atoms with van der Waals surface area (Å²) in [6.07, 6.45) is 5.28. The Balaban J connectivity index is 2.56. The van der Waals surface area contributed by atoms with E-state index in [1.807, 2.05) is 0 Å². The second kappa shape index (κ2) is 4.79. The molecule has 3 N–H and O–H groups in total. The van der Waals surface area contributed by atoms with Crippen LogP contribution in [-0.2, 0) is 6.42 Å². The number of hydrogen-bond acceptors (Lipinski definition) is 5. The maximum absolute atomic E-state index is 11.6. The van der Waals surface area contributed by atoms with Crippen LogP contribution in [0.2, 0.25) is 0 Å². The molecule has 90 valence electrons. The molecule has 0 aliphatic heterocycles. The Bertz CT molecular complexity index is 560. The quantitative estimate of drug-likeness (QED) is 0.742. The van der Waals surface area contributed by atoms with E-state index in [0.717, 1.165) is 5.82 Å². The minimum atomic E-state index is -0.329. The Morgan fingerprint density at radius 3 is 3.06 bits per heavy atom. The van der Waals surface area contributed by atoms with E-state index in [9.17, 15) is 4.79 Å². The number of ether oxygens (including phenoxy) is 1. The summed E-state index contributed by atoms with van der Waals surface area (Å²) in [4.78, 5) is 22.3. The number of nitrogens with two attached hydrogens (primary N) is 1. The first-order chi connectivity index (χ1) is 8.27. The standard InChI is InChI=1S/C10H13N5O2/c1-17-8-9(13-6-14-10(8)16)15-5-4-12-7(15)2-3-11/h4-6H,2-3,11H2,1H3,(H,13,14,16). The smallest absolute Gasteiger partial charge is 0.295 e. The number of rotatable bonds is 4. The van der Waals surface area contributed by atoms with Crippen molar-refractivity contribution in [3.63, 3.8) is 0 Å². The SMILES string of the molecule is COc1c(-n2ccnc2CCN)nc[nH]c1=O. The molecule has 0 unspecified atom stereocenters. The largest absolute Gasteiger partial charge is 0.488 e. The lowest BCUT2D eigenvalue weighted by atomic mass is 10.4. The van der Waals surface area contributed by atoms with Crippen molar-refractivity contribution in [2.24, 2.45) is 5.73 Å². The Morgan fingerprint density at radius 1 is 1.53 bits per heavy atom. The average molecular weight is 235 g/mol. The van der Waals surface area contributed by atoms with Crippen LogP contribution in [0.25, 0.3) is 5.82 Å². The monoisotopic (exact) mass is 235 g/mol. The molecule has 17 heavy (non-hydrogen) atoms. The van der Waals surface area contributed by atoms with Crippen LogP contribution in [0.3, 0.4) is 0 Å². The number of imidazole rings is 1. The second-order valence-electron chi connectivity index (χ2n) is 3.34. The summed E-state index contributed by atoms with van der Waals surface area (Å²) in [5.41, 5.74) is 5.17. The molecule has 0 amide bonds. The van der Waals surface area contributed by atoms with E-state index >= 15 is 0 Å². The molecule has 7 heteroatoms. The van der Waals surface area contributed by atoms with Crippen molar-refractivity contribution in [3.8, 4) is 11.6 Å². The van der Waals surface area contributed by atoms with Gasteiger partial charge in [-0.1, -0.05) is 0 Å².